The molecular formula is C36H48ClFN6O2S. The molecule has 0 radical (unpaired) electrons. The Hall–Kier alpha value is -2.73. The van der Waals surface area contributed by atoms with Crippen LogP contribution in [0.5, 0.6) is 11.6 Å². The molecule has 47 heavy (non-hydrogen) atoms. The fraction of sp³-hybridized carbons (Fsp3) is 0.500. The van der Waals surface area contributed by atoms with E-state index in [4.69, 9.17) is 10.5 Å². The Kier molecular flexibility index (Phi) is 12.6. The van der Waals surface area contributed by atoms with Crippen molar-refractivity contribution in [2.45, 2.75) is 76.8 Å². The summed E-state index contributed by atoms with van der Waals surface area (Å²) in [4.78, 5) is 22.5. The minimum absolute atomic E-state index is 0. The summed E-state index contributed by atoms with van der Waals surface area (Å²) in [5, 5.41) is 6.67. The molecule has 3 fully saturated rings. The summed E-state index contributed by atoms with van der Waals surface area (Å²) in [6, 6.07) is 17.1. The highest BCUT2D eigenvalue weighted by molar-refractivity contribution is 7.99. The van der Waals surface area contributed by atoms with E-state index in [-0.39, 0.29) is 41.8 Å². The zero-order chi connectivity index (χ0) is 32.0. The number of pyridine rings is 1. The van der Waals surface area contributed by atoms with Crippen molar-refractivity contribution in [2.24, 2.45) is 5.73 Å². The standard InChI is InChI=1S/C36H47FN6O2S.ClH/c1-24-20-43(21-25(2)40-24)22-26-6-11-33(28(16-26)23-42-12-14-46-15-13-42)27-4-3-5-32(17-27)45-36-34(18-29(37)19-39-36)35(44)41-31-9-7-30(38)8-10-31;/h3-6,11,16-19,24-25,30-31,40H,7-10,12-15,20-23,38H2,1-2H3,(H,41,44);1H/t24-,25?,30-,31-;/m0./s1. The zero-order valence-corrected chi connectivity index (χ0v) is 29.1. The Balaban J connectivity index is 0.00000433. The minimum atomic E-state index is -0.581. The molecule has 2 atom stereocenters. The fourth-order valence-electron chi connectivity index (χ4n) is 7.02. The molecule has 4 N–H and O–H groups in total. The average molecular weight is 683 g/mol. The highest BCUT2D eigenvalue weighted by atomic mass is 35.5. The van der Waals surface area contributed by atoms with Gasteiger partial charge in [-0.05, 0) is 80.0 Å². The van der Waals surface area contributed by atoms with Crippen LogP contribution in [0.15, 0.2) is 54.7 Å². The first kappa shape index (κ1) is 35.6. The van der Waals surface area contributed by atoms with Crippen LogP contribution in [0.1, 0.15) is 61.0 Å². The number of rotatable bonds is 9. The second-order valence-electron chi connectivity index (χ2n) is 13.3. The van der Waals surface area contributed by atoms with Crippen molar-refractivity contribution in [1.29, 1.82) is 0 Å². The lowest BCUT2D eigenvalue weighted by Crippen LogP contribution is -2.53. The number of hydrogen-bond acceptors (Lipinski definition) is 8. The molecule has 2 aromatic carbocycles. The van der Waals surface area contributed by atoms with Gasteiger partial charge < -0.3 is 21.1 Å². The SMILES string of the molecule is CC1CN(Cc2ccc(-c3cccc(Oc4ncc(F)cc4C(=O)N[C@H]4CC[C@H](N)CC4)c3)c(CN3CCSCC3)c2)C[C@H](C)N1.Cl. The number of nitrogens with two attached hydrogens (primary N) is 1. The van der Waals surface area contributed by atoms with E-state index in [0.29, 0.717) is 17.8 Å². The predicted molar refractivity (Wildman–Crippen MR) is 191 cm³/mol. The number of thioether (sulfide) groups is 1. The number of nitrogens with zero attached hydrogens (tertiary/aromatic N) is 3. The van der Waals surface area contributed by atoms with E-state index in [1.54, 1.807) is 0 Å². The normalized spacial score (nSPS) is 23.9. The highest BCUT2D eigenvalue weighted by Gasteiger charge is 2.24. The molecule has 8 nitrogen and oxygen atoms in total. The average Bonchev–Trinajstić information content (AvgIpc) is 3.03. The quantitative estimate of drug-likeness (QED) is 0.260. The lowest BCUT2D eigenvalue weighted by atomic mass is 9.91. The molecule has 0 bridgehead atoms. The molecular weight excluding hydrogens is 635 g/mol. The van der Waals surface area contributed by atoms with Crippen molar-refractivity contribution in [3.05, 3.63) is 77.2 Å². The number of hydrogen-bond donors (Lipinski definition) is 3. The molecule has 0 spiro atoms. The van der Waals surface area contributed by atoms with Gasteiger partial charge >= 0.3 is 0 Å². The first-order valence-electron chi connectivity index (χ1n) is 16.7. The second-order valence-corrected chi connectivity index (χ2v) is 14.5. The van der Waals surface area contributed by atoms with Crippen LogP contribution in [-0.2, 0) is 13.1 Å². The lowest BCUT2D eigenvalue weighted by Gasteiger charge is -2.36. The van der Waals surface area contributed by atoms with Crippen LogP contribution in [0.3, 0.4) is 0 Å². The number of aromatic nitrogens is 1. The molecule has 6 rings (SSSR count). The molecule has 11 heteroatoms. The van der Waals surface area contributed by atoms with E-state index >= 15 is 0 Å². The van der Waals surface area contributed by atoms with E-state index in [9.17, 15) is 9.18 Å². The number of nitrogens with one attached hydrogen (secondary N) is 2. The van der Waals surface area contributed by atoms with Crippen LogP contribution in [0.2, 0.25) is 0 Å². The monoisotopic (exact) mass is 682 g/mol. The Labute approximate surface area is 288 Å². The Morgan fingerprint density at radius 1 is 1.02 bits per heavy atom. The predicted octanol–water partition coefficient (Wildman–Crippen LogP) is 5.83. The van der Waals surface area contributed by atoms with E-state index in [1.807, 2.05) is 30.0 Å². The van der Waals surface area contributed by atoms with Crippen molar-refractivity contribution < 1.29 is 13.9 Å². The Morgan fingerprint density at radius 3 is 2.51 bits per heavy atom. The molecule has 1 amide bonds. The third-order valence-corrected chi connectivity index (χ3v) is 10.2. The van der Waals surface area contributed by atoms with Crippen molar-refractivity contribution in [2.75, 3.05) is 37.7 Å². The summed E-state index contributed by atoms with van der Waals surface area (Å²) in [5.74, 6) is 1.98. The number of ether oxygens (including phenoxy) is 1. The van der Waals surface area contributed by atoms with Gasteiger partial charge in [0, 0.05) is 74.9 Å². The van der Waals surface area contributed by atoms with Gasteiger partial charge in [-0.15, -0.1) is 12.4 Å². The van der Waals surface area contributed by atoms with Crippen LogP contribution in [0, 0.1) is 5.82 Å². The van der Waals surface area contributed by atoms with E-state index in [2.05, 4.69) is 63.5 Å². The number of piperazine rings is 1. The fourth-order valence-corrected chi connectivity index (χ4v) is 8.00. The van der Waals surface area contributed by atoms with Crippen molar-refractivity contribution >= 4 is 30.1 Å². The second kappa shape index (κ2) is 16.6. The summed E-state index contributed by atoms with van der Waals surface area (Å²) >= 11 is 2.02. The topological polar surface area (TPSA) is 95.8 Å². The van der Waals surface area contributed by atoms with Gasteiger partial charge in [0.2, 0.25) is 5.88 Å². The van der Waals surface area contributed by atoms with Crippen LogP contribution in [-0.4, -0.2) is 82.5 Å². The molecule has 3 aliphatic rings. The molecule has 1 saturated carbocycles. The van der Waals surface area contributed by atoms with Crippen LogP contribution < -0.4 is 21.1 Å². The Morgan fingerprint density at radius 2 is 1.77 bits per heavy atom. The summed E-state index contributed by atoms with van der Waals surface area (Å²) in [6.07, 6.45) is 4.41. The lowest BCUT2D eigenvalue weighted by molar-refractivity contribution is 0.0922. The number of benzene rings is 2. The molecule has 1 aromatic heterocycles. The van der Waals surface area contributed by atoms with Crippen molar-refractivity contribution in [3.63, 3.8) is 0 Å². The molecule has 3 heterocycles. The summed E-state index contributed by atoms with van der Waals surface area (Å²) in [6.45, 7) is 10.6. The first-order valence-corrected chi connectivity index (χ1v) is 17.8. The maximum Gasteiger partial charge on any atom is 0.257 e. The summed E-state index contributed by atoms with van der Waals surface area (Å²) in [7, 11) is 0. The number of amides is 1. The molecule has 2 aliphatic heterocycles. The third kappa shape index (κ3) is 9.68. The Bertz CT molecular complexity index is 1490. The molecule has 254 valence electrons. The summed E-state index contributed by atoms with van der Waals surface area (Å²) in [5.41, 5.74) is 10.9. The highest BCUT2D eigenvalue weighted by Crippen LogP contribution is 2.32. The third-order valence-electron chi connectivity index (χ3n) is 9.24. The van der Waals surface area contributed by atoms with Gasteiger partial charge in [0.25, 0.3) is 5.91 Å². The smallest absolute Gasteiger partial charge is 0.257 e. The first-order chi connectivity index (χ1) is 22.3. The largest absolute Gasteiger partial charge is 0.438 e. The van der Waals surface area contributed by atoms with Crippen LogP contribution in [0.4, 0.5) is 4.39 Å². The zero-order valence-electron chi connectivity index (χ0n) is 27.4. The van der Waals surface area contributed by atoms with Gasteiger partial charge in [-0.1, -0.05) is 30.3 Å². The molecule has 2 saturated heterocycles. The number of carbonyl (C=O) groups is 1. The van der Waals surface area contributed by atoms with Gasteiger partial charge in [-0.25, -0.2) is 9.37 Å². The van der Waals surface area contributed by atoms with E-state index in [1.165, 1.54) is 17.2 Å². The maximum atomic E-state index is 14.3. The van der Waals surface area contributed by atoms with Gasteiger partial charge in [-0.2, -0.15) is 11.8 Å². The minimum Gasteiger partial charge on any atom is -0.438 e. The number of carbonyl (C=O) groups excluding carboxylic acids is 1. The molecule has 1 aliphatic carbocycles. The molecule has 3 aromatic rings. The van der Waals surface area contributed by atoms with Gasteiger partial charge in [-0.3, -0.25) is 14.6 Å². The van der Waals surface area contributed by atoms with Crippen molar-refractivity contribution in [1.82, 2.24) is 25.4 Å². The van der Waals surface area contributed by atoms with Gasteiger partial charge in [0.15, 0.2) is 0 Å². The van der Waals surface area contributed by atoms with Gasteiger partial charge in [0.05, 0.1) is 6.20 Å². The van der Waals surface area contributed by atoms with Gasteiger partial charge in [0.1, 0.15) is 17.1 Å². The van der Waals surface area contributed by atoms with E-state index < -0.39 is 5.82 Å². The number of halogens is 2. The van der Waals surface area contributed by atoms with Crippen LogP contribution in [0.25, 0.3) is 11.1 Å². The van der Waals surface area contributed by atoms with Crippen molar-refractivity contribution in [3.8, 4) is 22.8 Å². The van der Waals surface area contributed by atoms with Crippen LogP contribution >= 0.6 is 24.2 Å². The maximum absolute atomic E-state index is 14.3. The summed E-state index contributed by atoms with van der Waals surface area (Å²) < 4.78 is 20.5. The molecule has 1 unspecified atom stereocenters. The van der Waals surface area contributed by atoms with E-state index in [0.717, 1.165) is 93.8 Å².